The first-order valence-corrected chi connectivity index (χ1v) is 5.90. The van der Waals surface area contributed by atoms with Gasteiger partial charge in [-0.15, -0.1) is 0 Å². The fraction of sp³-hybridized carbons (Fsp3) is 0.417. The van der Waals surface area contributed by atoms with Crippen molar-refractivity contribution in [2.24, 2.45) is 0 Å². The summed E-state index contributed by atoms with van der Waals surface area (Å²) in [5.74, 6) is 0.700. The van der Waals surface area contributed by atoms with Crippen LogP contribution in [-0.4, -0.2) is 26.1 Å². The fourth-order valence-electron chi connectivity index (χ4n) is 2.19. The van der Waals surface area contributed by atoms with E-state index in [1.807, 2.05) is 17.7 Å². The van der Waals surface area contributed by atoms with Crippen molar-refractivity contribution in [1.29, 1.82) is 0 Å². The second-order valence-corrected chi connectivity index (χ2v) is 4.35. The summed E-state index contributed by atoms with van der Waals surface area (Å²) in [7, 11) is 0. The van der Waals surface area contributed by atoms with Gasteiger partial charge in [-0.2, -0.15) is 0 Å². The lowest BCUT2D eigenvalue weighted by Crippen LogP contribution is -2.16. The van der Waals surface area contributed by atoms with Crippen molar-refractivity contribution in [3.05, 3.63) is 36.2 Å². The van der Waals surface area contributed by atoms with Crippen LogP contribution in [-0.2, 0) is 0 Å². The molecule has 1 saturated heterocycles. The van der Waals surface area contributed by atoms with Gasteiger partial charge in [-0.05, 0) is 32.4 Å². The highest BCUT2D eigenvalue weighted by atomic mass is 15.2. The molecule has 17 heavy (non-hydrogen) atoms. The number of nitrogens with zero attached hydrogens (tertiary/aromatic N) is 4. The predicted octanol–water partition coefficient (Wildman–Crippen LogP) is 1.40. The topological polar surface area (TPSA) is 55.6 Å². The van der Waals surface area contributed by atoms with Crippen LogP contribution in [0.25, 0.3) is 5.95 Å². The van der Waals surface area contributed by atoms with Crippen molar-refractivity contribution in [2.45, 2.75) is 25.8 Å². The number of hydrogen-bond donors (Lipinski definition) is 1. The van der Waals surface area contributed by atoms with Crippen LogP contribution in [0.1, 0.15) is 30.3 Å². The number of imidazole rings is 1. The lowest BCUT2D eigenvalue weighted by atomic mass is 10.1. The molecule has 1 aliphatic heterocycles. The normalized spacial score (nSPS) is 19.7. The zero-order chi connectivity index (χ0) is 11.7. The molecule has 2 aromatic heterocycles. The summed E-state index contributed by atoms with van der Waals surface area (Å²) in [6.07, 6.45) is 7.69. The second kappa shape index (κ2) is 4.25. The average Bonchev–Trinajstić information content (AvgIpc) is 3.02. The molecule has 3 rings (SSSR count). The molecule has 0 spiro atoms. The highest BCUT2D eigenvalue weighted by Gasteiger charge is 2.18. The summed E-state index contributed by atoms with van der Waals surface area (Å²) in [6.45, 7) is 3.08. The van der Waals surface area contributed by atoms with E-state index in [2.05, 4.69) is 26.3 Å². The lowest BCUT2D eigenvalue weighted by Gasteiger charge is -2.11. The van der Waals surface area contributed by atoms with Gasteiger partial charge in [0.25, 0.3) is 0 Å². The highest BCUT2D eigenvalue weighted by molar-refractivity contribution is 5.21. The largest absolute Gasteiger partial charge is 0.309 e. The van der Waals surface area contributed by atoms with Crippen LogP contribution in [0.15, 0.2) is 24.8 Å². The van der Waals surface area contributed by atoms with Crippen LogP contribution >= 0.6 is 0 Å². The third-order valence-corrected chi connectivity index (χ3v) is 3.01. The molecule has 88 valence electrons. The molecule has 2 aromatic rings. The van der Waals surface area contributed by atoms with Gasteiger partial charge in [0.2, 0.25) is 5.95 Å². The maximum absolute atomic E-state index is 4.61. The summed E-state index contributed by atoms with van der Waals surface area (Å²) < 4.78 is 1.84. The van der Waals surface area contributed by atoms with Crippen LogP contribution < -0.4 is 5.32 Å². The Morgan fingerprint density at radius 3 is 3.06 bits per heavy atom. The molecule has 0 aliphatic carbocycles. The van der Waals surface area contributed by atoms with Gasteiger partial charge in [0.05, 0.1) is 5.69 Å². The molecule has 5 heteroatoms. The first-order chi connectivity index (χ1) is 8.33. The van der Waals surface area contributed by atoms with Gasteiger partial charge in [0.1, 0.15) is 6.33 Å². The standard InChI is InChI=1S/C12H15N5/c1-9-7-11(10-3-2-4-14-10)16-12(15-9)17-6-5-13-8-17/h5-8,10,14H,2-4H2,1H3/t10-/m0/s1. The third-order valence-electron chi connectivity index (χ3n) is 3.01. The van der Waals surface area contributed by atoms with E-state index in [1.54, 1.807) is 12.5 Å². The van der Waals surface area contributed by atoms with Gasteiger partial charge in [0.15, 0.2) is 0 Å². The van der Waals surface area contributed by atoms with E-state index < -0.39 is 0 Å². The van der Waals surface area contributed by atoms with E-state index in [4.69, 9.17) is 0 Å². The van der Waals surface area contributed by atoms with Crippen LogP contribution in [0.4, 0.5) is 0 Å². The quantitative estimate of drug-likeness (QED) is 0.845. The van der Waals surface area contributed by atoms with Gasteiger partial charge >= 0.3 is 0 Å². The van der Waals surface area contributed by atoms with Crippen molar-refractivity contribution >= 4 is 0 Å². The van der Waals surface area contributed by atoms with E-state index in [9.17, 15) is 0 Å². The monoisotopic (exact) mass is 229 g/mol. The number of nitrogens with one attached hydrogen (secondary N) is 1. The molecular formula is C12H15N5. The Kier molecular flexibility index (Phi) is 2.60. The molecule has 1 fully saturated rings. The maximum Gasteiger partial charge on any atom is 0.235 e. The minimum Gasteiger partial charge on any atom is -0.309 e. The van der Waals surface area contributed by atoms with Crippen molar-refractivity contribution in [1.82, 2.24) is 24.8 Å². The number of hydrogen-bond acceptors (Lipinski definition) is 4. The Hall–Kier alpha value is -1.75. The van der Waals surface area contributed by atoms with Crippen molar-refractivity contribution in [3.63, 3.8) is 0 Å². The van der Waals surface area contributed by atoms with Crippen molar-refractivity contribution in [3.8, 4) is 5.95 Å². The van der Waals surface area contributed by atoms with E-state index in [1.165, 1.54) is 6.42 Å². The van der Waals surface area contributed by atoms with E-state index in [-0.39, 0.29) is 0 Å². The molecule has 3 heterocycles. The van der Waals surface area contributed by atoms with E-state index in [0.717, 1.165) is 24.4 Å². The number of aromatic nitrogens is 4. The molecule has 0 radical (unpaired) electrons. The summed E-state index contributed by atoms with van der Waals surface area (Å²) in [4.78, 5) is 13.1. The third kappa shape index (κ3) is 2.06. The zero-order valence-electron chi connectivity index (χ0n) is 9.80. The summed E-state index contributed by atoms with van der Waals surface area (Å²) in [6, 6.07) is 2.43. The lowest BCUT2D eigenvalue weighted by molar-refractivity contribution is 0.621. The van der Waals surface area contributed by atoms with E-state index >= 15 is 0 Å². The Morgan fingerprint density at radius 1 is 1.41 bits per heavy atom. The van der Waals surface area contributed by atoms with Gasteiger partial charge in [-0.25, -0.2) is 15.0 Å². The average molecular weight is 229 g/mol. The summed E-state index contributed by atoms with van der Waals surface area (Å²) in [5.41, 5.74) is 2.08. The fourth-order valence-corrected chi connectivity index (χ4v) is 2.19. The minimum atomic E-state index is 0.374. The molecule has 1 aliphatic rings. The smallest absolute Gasteiger partial charge is 0.235 e. The van der Waals surface area contributed by atoms with Crippen LogP contribution in [0.3, 0.4) is 0 Å². The second-order valence-electron chi connectivity index (χ2n) is 4.35. The Balaban J connectivity index is 2.00. The minimum absolute atomic E-state index is 0.374. The first-order valence-electron chi connectivity index (χ1n) is 5.90. The van der Waals surface area contributed by atoms with Gasteiger partial charge in [-0.1, -0.05) is 0 Å². The SMILES string of the molecule is Cc1cc([C@@H]2CCCN2)nc(-n2ccnc2)n1. The molecular weight excluding hydrogens is 214 g/mol. The van der Waals surface area contributed by atoms with Crippen molar-refractivity contribution < 1.29 is 0 Å². The number of rotatable bonds is 2. The molecule has 1 N–H and O–H groups in total. The Bertz CT molecular complexity index is 500. The molecule has 0 aromatic carbocycles. The van der Waals surface area contributed by atoms with E-state index in [0.29, 0.717) is 12.0 Å². The molecule has 0 saturated carbocycles. The van der Waals surface area contributed by atoms with Crippen LogP contribution in [0.5, 0.6) is 0 Å². The van der Waals surface area contributed by atoms with Crippen molar-refractivity contribution in [2.75, 3.05) is 6.54 Å². The van der Waals surface area contributed by atoms with Gasteiger partial charge in [-0.3, -0.25) is 4.57 Å². The molecule has 0 bridgehead atoms. The summed E-state index contributed by atoms with van der Waals surface area (Å²) in [5, 5.41) is 3.46. The Morgan fingerprint density at radius 2 is 2.35 bits per heavy atom. The molecule has 1 atom stereocenters. The zero-order valence-corrected chi connectivity index (χ0v) is 9.80. The Labute approximate surface area is 99.9 Å². The molecule has 0 amide bonds. The number of aryl methyl sites for hydroxylation is 1. The molecule has 5 nitrogen and oxygen atoms in total. The highest BCUT2D eigenvalue weighted by Crippen LogP contribution is 2.22. The molecule has 0 unspecified atom stereocenters. The summed E-state index contributed by atoms with van der Waals surface area (Å²) >= 11 is 0. The predicted molar refractivity (Wildman–Crippen MR) is 63.9 cm³/mol. The van der Waals surface area contributed by atoms with Crippen LogP contribution in [0.2, 0.25) is 0 Å². The van der Waals surface area contributed by atoms with Gasteiger partial charge < -0.3 is 5.32 Å². The van der Waals surface area contributed by atoms with Gasteiger partial charge in [0, 0.05) is 24.1 Å². The first kappa shape index (κ1) is 10.4. The van der Waals surface area contributed by atoms with Crippen LogP contribution in [0, 0.1) is 6.92 Å². The maximum atomic E-state index is 4.61.